The number of ether oxygens (including phenoxy) is 2. The van der Waals surface area contributed by atoms with Crippen molar-refractivity contribution in [3.63, 3.8) is 0 Å². The van der Waals surface area contributed by atoms with E-state index in [9.17, 15) is 16.8 Å². The molecule has 0 saturated carbocycles. The average molecular weight is 1480 g/mol. The second-order valence-electron chi connectivity index (χ2n) is 29.7. The van der Waals surface area contributed by atoms with Gasteiger partial charge in [-0.15, -0.1) is 11.3 Å². The van der Waals surface area contributed by atoms with Crippen molar-refractivity contribution < 1.29 is 26.3 Å². The number of hydrogen-bond donors (Lipinski definition) is 0. The zero-order valence-electron chi connectivity index (χ0n) is 61.2. The highest BCUT2D eigenvalue weighted by atomic mass is 32.2. The average Bonchev–Trinajstić information content (AvgIpc) is 1.57. The number of methoxy groups -OCH3 is 2. The van der Waals surface area contributed by atoms with Gasteiger partial charge in [0, 0.05) is 59.4 Å². The Morgan fingerprint density at radius 3 is 1.40 bits per heavy atom. The lowest BCUT2D eigenvalue weighted by atomic mass is 9.83. The van der Waals surface area contributed by atoms with Gasteiger partial charge in [0.15, 0.2) is 0 Å². The lowest BCUT2D eigenvalue weighted by Gasteiger charge is -2.22. The van der Waals surface area contributed by atoms with Gasteiger partial charge in [-0.1, -0.05) is 163 Å². The van der Waals surface area contributed by atoms with E-state index in [1.165, 1.54) is 110 Å². The van der Waals surface area contributed by atoms with Gasteiger partial charge in [-0.05, 0) is 291 Å². The van der Waals surface area contributed by atoms with Gasteiger partial charge in [0.05, 0.1) is 55.9 Å². The summed E-state index contributed by atoms with van der Waals surface area (Å²) in [5.41, 5.74) is 28.7. The summed E-state index contributed by atoms with van der Waals surface area (Å²) in [6.07, 6.45) is 3.48. The molecule has 0 unspecified atom stereocenters. The minimum Gasteiger partial charge on any atom is -0.497 e. The van der Waals surface area contributed by atoms with Crippen LogP contribution < -0.4 is 9.47 Å². The van der Waals surface area contributed by atoms with Crippen LogP contribution >= 0.6 is 11.3 Å². The largest absolute Gasteiger partial charge is 0.497 e. The molecule has 532 valence electrons. The first kappa shape index (κ1) is 67.0. The van der Waals surface area contributed by atoms with Crippen molar-refractivity contribution in [1.29, 1.82) is 0 Å². The summed E-state index contributed by atoms with van der Waals surface area (Å²) in [7, 11) is -3.89. The molecule has 3 aliphatic rings. The molecule has 0 amide bonds. The fourth-order valence-corrected chi connectivity index (χ4v) is 21.3. The molecule has 0 saturated heterocycles. The van der Waals surface area contributed by atoms with Crippen molar-refractivity contribution in [2.75, 3.05) is 14.2 Å². The molecule has 0 bridgehead atoms. The molecule has 110 heavy (non-hydrogen) atoms. The first-order valence-corrected chi connectivity index (χ1v) is 41.0. The summed E-state index contributed by atoms with van der Waals surface area (Å²) in [6, 6.07) is 103. The SMILES string of the molecule is COc1ccc2c(c1)c1cc(OC)ccc1n2-c1ccc2c(c1)Cc1cc3ccc(-c4ccc5c(c4)-c4cc(-c6ccc(C)s6)ccc4S5(=O)=O)cc3cc1C2.Cc1ccc2c(c1)c1cc(C)ccc1n2-c1ccc2cc3c(cc2c1)Cc1ccc(-c2ccc(S(=O)(=O)c4ccccc4-c4ccccc4)cc2)cc1C3. The van der Waals surface area contributed by atoms with Crippen molar-refractivity contribution in [3.05, 3.63) is 358 Å². The normalized spacial score (nSPS) is 13.2. The third-order valence-electron chi connectivity index (χ3n) is 22.9. The van der Waals surface area contributed by atoms with E-state index in [0.29, 0.717) is 25.1 Å². The van der Waals surface area contributed by atoms with E-state index < -0.39 is 19.7 Å². The molecule has 11 heteroatoms. The Hall–Kier alpha value is -12.4. The molecule has 3 aromatic heterocycles. The highest BCUT2D eigenvalue weighted by Crippen LogP contribution is 2.48. The van der Waals surface area contributed by atoms with Crippen molar-refractivity contribution in [1.82, 2.24) is 9.13 Å². The maximum atomic E-state index is 13.9. The van der Waals surface area contributed by atoms with E-state index in [4.69, 9.17) is 9.47 Å². The molecule has 2 aliphatic carbocycles. The minimum absolute atomic E-state index is 0.292. The summed E-state index contributed by atoms with van der Waals surface area (Å²) in [5.74, 6) is 1.65. The van der Waals surface area contributed by atoms with E-state index in [1.54, 1.807) is 62.0 Å². The Morgan fingerprint density at radius 1 is 0.336 bits per heavy atom. The molecule has 1 aliphatic heterocycles. The summed E-state index contributed by atoms with van der Waals surface area (Å²) in [5, 5.41) is 9.71. The quantitative estimate of drug-likeness (QED) is 0.135. The molecular formula is C99H72N2O6S3. The van der Waals surface area contributed by atoms with Gasteiger partial charge >= 0.3 is 0 Å². The van der Waals surface area contributed by atoms with Crippen molar-refractivity contribution in [2.24, 2.45) is 0 Å². The maximum Gasteiger partial charge on any atom is 0.207 e. The molecule has 15 aromatic carbocycles. The number of rotatable bonds is 10. The Labute approximate surface area is 642 Å². The zero-order valence-corrected chi connectivity index (χ0v) is 63.6. The lowest BCUT2D eigenvalue weighted by molar-refractivity contribution is 0.415. The number of benzene rings is 15. The highest BCUT2D eigenvalue weighted by Gasteiger charge is 2.34. The Morgan fingerprint density at radius 2 is 0.791 bits per heavy atom. The number of aryl methyl sites for hydroxylation is 3. The van der Waals surface area contributed by atoms with Crippen molar-refractivity contribution in [3.8, 4) is 77.8 Å². The first-order valence-electron chi connectivity index (χ1n) is 37.2. The Balaban J connectivity index is 0.000000144. The summed E-state index contributed by atoms with van der Waals surface area (Å²) < 4.78 is 70.9. The number of nitrogens with zero attached hydrogens (tertiary/aromatic N) is 2. The van der Waals surface area contributed by atoms with Gasteiger partial charge in [-0.2, -0.15) is 0 Å². The van der Waals surface area contributed by atoms with Gasteiger partial charge in [0.25, 0.3) is 0 Å². The van der Waals surface area contributed by atoms with Crippen LogP contribution in [0.2, 0.25) is 0 Å². The number of aromatic nitrogens is 2. The predicted molar refractivity (Wildman–Crippen MR) is 450 cm³/mol. The van der Waals surface area contributed by atoms with Crippen LogP contribution in [0.4, 0.5) is 0 Å². The van der Waals surface area contributed by atoms with Crippen LogP contribution in [0.25, 0.3) is 131 Å². The fraction of sp³-hybridized carbons (Fsp3) is 0.0909. The standard InChI is InChI=1S/C50H37NO2S.C49H35NO4S2/c1-32-12-22-48-46(24-32)47-25-33(2)13-23-49(47)51(48)43-19-16-38-28-40-29-39-26-36(14-15-37(39)27-41(40)30-42(38)31-43)34-17-20-44(21-18-34)54(52,53)50-11-7-6-10-45(50)35-8-4-3-5-9-35;1-28-4-15-47(55-28)33-9-17-49-44(25-33)43-24-32(8-16-48(43)56(49,51)52)29-5-6-30-19-36-22-37-23-38(10-7-31(37)20-35(36)21-34(30)18-29)50-45-13-11-39(53-2)26-41(45)42-27-40(54-3)12-14-46(42)50/h3-26,28,30-31H,27,29H2,1-2H3;4-19,21,23-27H,20,22H2,1-3H3. The molecule has 0 N–H and O–H groups in total. The second kappa shape index (κ2) is 25.9. The third-order valence-corrected chi connectivity index (χ3v) is 27.7. The van der Waals surface area contributed by atoms with Crippen LogP contribution in [-0.4, -0.2) is 40.2 Å². The molecule has 0 fully saturated rings. The van der Waals surface area contributed by atoms with E-state index in [1.807, 2.05) is 84.9 Å². The highest BCUT2D eigenvalue weighted by molar-refractivity contribution is 7.92. The van der Waals surface area contributed by atoms with Crippen molar-refractivity contribution >= 4 is 96.2 Å². The molecular weight excluding hydrogens is 1410 g/mol. The lowest BCUT2D eigenvalue weighted by Crippen LogP contribution is -2.08. The Kier molecular flexibility index (Phi) is 15.8. The van der Waals surface area contributed by atoms with Crippen LogP contribution in [0, 0.1) is 20.8 Å². The second-order valence-corrected chi connectivity index (χ2v) is 34.8. The Bertz CT molecular complexity index is 7060. The van der Waals surface area contributed by atoms with Crippen LogP contribution in [-0.2, 0) is 45.4 Å². The maximum absolute atomic E-state index is 13.9. The number of thiophene rings is 1. The molecule has 0 radical (unpaired) electrons. The number of fused-ring (bicyclic) bond motifs is 15. The van der Waals surface area contributed by atoms with Crippen LogP contribution in [0.5, 0.6) is 11.5 Å². The zero-order chi connectivity index (χ0) is 74.4. The number of hydrogen-bond acceptors (Lipinski definition) is 7. The van der Waals surface area contributed by atoms with E-state index >= 15 is 0 Å². The number of sulfone groups is 2. The molecule has 21 rings (SSSR count). The van der Waals surface area contributed by atoms with Gasteiger partial charge in [-0.25, -0.2) is 16.8 Å². The van der Waals surface area contributed by atoms with E-state index in [0.717, 1.165) is 114 Å². The third kappa shape index (κ3) is 11.3. The van der Waals surface area contributed by atoms with Gasteiger partial charge in [0.1, 0.15) is 11.5 Å². The van der Waals surface area contributed by atoms with Gasteiger partial charge in [0.2, 0.25) is 19.7 Å². The monoisotopic (exact) mass is 1480 g/mol. The molecule has 8 nitrogen and oxygen atoms in total. The molecule has 18 aromatic rings. The minimum atomic E-state index is -3.72. The van der Waals surface area contributed by atoms with Crippen LogP contribution in [0.3, 0.4) is 0 Å². The smallest absolute Gasteiger partial charge is 0.207 e. The summed E-state index contributed by atoms with van der Waals surface area (Å²) in [4.78, 5) is 3.74. The molecule has 0 spiro atoms. The fourth-order valence-electron chi connectivity index (χ4n) is 17.3. The van der Waals surface area contributed by atoms with Crippen LogP contribution in [0.15, 0.2) is 317 Å². The topological polar surface area (TPSA) is 96.6 Å². The molecule has 4 heterocycles. The summed E-state index contributed by atoms with van der Waals surface area (Å²) >= 11 is 1.72. The predicted octanol–water partition coefficient (Wildman–Crippen LogP) is 24.2. The van der Waals surface area contributed by atoms with E-state index in [2.05, 4.69) is 206 Å². The molecule has 0 atom stereocenters. The van der Waals surface area contributed by atoms with Crippen LogP contribution in [0.1, 0.15) is 60.5 Å². The summed E-state index contributed by atoms with van der Waals surface area (Å²) in [6.45, 7) is 6.42. The van der Waals surface area contributed by atoms with Gasteiger partial charge in [-0.3, -0.25) is 0 Å². The van der Waals surface area contributed by atoms with Gasteiger partial charge < -0.3 is 18.6 Å². The first-order chi connectivity index (χ1) is 53.5. The van der Waals surface area contributed by atoms with Crippen molar-refractivity contribution in [2.45, 2.75) is 66.0 Å². The van der Waals surface area contributed by atoms with E-state index in [-0.39, 0.29) is 0 Å².